The largest absolute Gasteiger partial charge is 0.465 e. The maximum Gasteiger partial charge on any atom is 0.349 e. The molecule has 0 aliphatic heterocycles. The Morgan fingerprint density at radius 1 is 1.23 bits per heavy atom. The van der Waals surface area contributed by atoms with E-state index in [0.717, 1.165) is 27.6 Å². The van der Waals surface area contributed by atoms with Crippen molar-refractivity contribution in [2.75, 3.05) is 26.0 Å². The van der Waals surface area contributed by atoms with E-state index in [4.69, 9.17) is 0 Å². The molecule has 1 aromatic carbocycles. The zero-order valence-corrected chi connectivity index (χ0v) is 16.3. The summed E-state index contributed by atoms with van der Waals surface area (Å²) in [6, 6.07) is 8.65. The van der Waals surface area contributed by atoms with Crippen LogP contribution in [0.1, 0.15) is 22.2 Å². The molecular formula is C17H20N2O5S2. The van der Waals surface area contributed by atoms with Gasteiger partial charge < -0.3 is 10.1 Å². The number of likely N-dealkylation sites (N-methyl/N-ethyl adjacent to an activating group) is 1. The topological polar surface area (TPSA) is 92.8 Å². The first kappa shape index (κ1) is 20.1. The van der Waals surface area contributed by atoms with Crippen LogP contribution in [0.15, 0.2) is 40.6 Å². The van der Waals surface area contributed by atoms with Gasteiger partial charge in [-0.1, -0.05) is 25.1 Å². The summed E-state index contributed by atoms with van der Waals surface area (Å²) in [7, 11) is -1.53. The quantitative estimate of drug-likeness (QED) is 0.725. The normalized spacial score (nSPS) is 11.4. The molecule has 0 saturated heterocycles. The van der Waals surface area contributed by atoms with Gasteiger partial charge in [-0.25, -0.2) is 13.2 Å². The summed E-state index contributed by atoms with van der Waals surface area (Å²) < 4.78 is 30.9. The van der Waals surface area contributed by atoms with E-state index in [1.165, 1.54) is 25.6 Å². The van der Waals surface area contributed by atoms with Gasteiger partial charge in [0, 0.05) is 12.7 Å². The van der Waals surface area contributed by atoms with Crippen molar-refractivity contribution in [3.05, 3.63) is 46.2 Å². The maximum absolute atomic E-state index is 12.7. The molecule has 0 aliphatic rings. The molecule has 0 spiro atoms. The highest BCUT2D eigenvalue weighted by molar-refractivity contribution is 7.89. The number of hydrogen-bond donors (Lipinski definition) is 1. The van der Waals surface area contributed by atoms with Gasteiger partial charge in [0.1, 0.15) is 9.77 Å². The Morgan fingerprint density at radius 2 is 1.92 bits per heavy atom. The van der Waals surface area contributed by atoms with Gasteiger partial charge in [-0.05, 0) is 29.5 Å². The van der Waals surface area contributed by atoms with E-state index in [9.17, 15) is 18.0 Å². The van der Waals surface area contributed by atoms with Crippen molar-refractivity contribution in [1.29, 1.82) is 0 Å². The number of anilines is 1. The average Bonchev–Trinajstić information content (AvgIpc) is 3.12. The number of rotatable bonds is 7. The molecular weight excluding hydrogens is 376 g/mol. The van der Waals surface area contributed by atoms with Gasteiger partial charge in [0.05, 0.1) is 13.7 Å². The fourth-order valence-electron chi connectivity index (χ4n) is 2.34. The third-order valence-electron chi connectivity index (χ3n) is 3.73. The van der Waals surface area contributed by atoms with Crippen LogP contribution in [-0.2, 0) is 26.0 Å². The van der Waals surface area contributed by atoms with Gasteiger partial charge in [-0.3, -0.25) is 4.79 Å². The molecule has 0 aliphatic carbocycles. The number of para-hydroxylation sites is 1. The molecule has 2 aromatic rings. The Labute approximate surface area is 156 Å². The summed E-state index contributed by atoms with van der Waals surface area (Å²) in [5, 5.41) is 4.21. The SMILES string of the molecule is CCc1ccccc1NC(=O)CN(C)S(=O)(=O)c1ccsc1C(=O)OC. The van der Waals surface area contributed by atoms with Crippen LogP contribution in [0.5, 0.6) is 0 Å². The van der Waals surface area contributed by atoms with Gasteiger partial charge >= 0.3 is 5.97 Å². The summed E-state index contributed by atoms with van der Waals surface area (Å²) in [6.45, 7) is 1.59. The molecule has 1 N–H and O–H groups in total. The number of benzene rings is 1. The predicted molar refractivity (Wildman–Crippen MR) is 99.9 cm³/mol. The van der Waals surface area contributed by atoms with Crippen molar-refractivity contribution in [3.8, 4) is 0 Å². The van der Waals surface area contributed by atoms with Gasteiger partial charge in [0.15, 0.2) is 0 Å². The van der Waals surface area contributed by atoms with E-state index < -0.39 is 21.9 Å². The summed E-state index contributed by atoms with van der Waals surface area (Å²) in [5.41, 5.74) is 1.61. The molecule has 0 unspecified atom stereocenters. The van der Waals surface area contributed by atoms with Crippen LogP contribution in [0.3, 0.4) is 0 Å². The second kappa shape index (κ2) is 8.43. The van der Waals surface area contributed by atoms with Crippen LogP contribution < -0.4 is 5.32 Å². The molecule has 0 saturated carbocycles. The van der Waals surface area contributed by atoms with Crippen molar-refractivity contribution < 1.29 is 22.7 Å². The molecule has 1 amide bonds. The number of esters is 1. The number of nitrogens with one attached hydrogen (secondary N) is 1. The molecule has 1 heterocycles. The molecule has 7 nitrogen and oxygen atoms in total. The van der Waals surface area contributed by atoms with E-state index in [1.807, 2.05) is 19.1 Å². The molecule has 0 fully saturated rings. The first-order valence-electron chi connectivity index (χ1n) is 7.81. The van der Waals surface area contributed by atoms with E-state index >= 15 is 0 Å². The number of aryl methyl sites for hydroxylation is 1. The zero-order valence-electron chi connectivity index (χ0n) is 14.7. The second-order valence-corrected chi connectivity index (χ2v) is 8.35. The summed E-state index contributed by atoms with van der Waals surface area (Å²) in [6.07, 6.45) is 0.738. The van der Waals surface area contributed by atoms with Crippen LogP contribution in [0, 0.1) is 0 Å². The Balaban J connectivity index is 2.16. The van der Waals surface area contributed by atoms with E-state index in [-0.39, 0.29) is 16.3 Å². The highest BCUT2D eigenvalue weighted by Crippen LogP contribution is 2.25. The monoisotopic (exact) mass is 396 g/mol. The van der Waals surface area contributed by atoms with Crippen molar-refractivity contribution in [2.45, 2.75) is 18.2 Å². The highest BCUT2D eigenvalue weighted by Gasteiger charge is 2.29. The highest BCUT2D eigenvalue weighted by atomic mass is 32.2. The molecule has 140 valence electrons. The lowest BCUT2D eigenvalue weighted by Gasteiger charge is -2.17. The van der Waals surface area contributed by atoms with E-state index in [0.29, 0.717) is 5.69 Å². The third kappa shape index (κ3) is 4.29. The minimum atomic E-state index is -4.00. The van der Waals surface area contributed by atoms with Crippen molar-refractivity contribution in [1.82, 2.24) is 4.31 Å². The number of carbonyl (C=O) groups excluding carboxylic acids is 2. The molecule has 9 heteroatoms. The number of methoxy groups -OCH3 is 1. The fourth-order valence-corrected chi connectivity index (χ4v) is 4.77. The number of thiophene rings is 1. The number of ether oxygens (including phenoxy) is 1. The van der Waals surface area contributed by atoms with Crippen LogP contribution in [0.4, 0.5) is 5.69 Å². The van der Waals surface area contributed by atoms with Crippen LogP contribution in [0.2, 0.25) is 0 Å². The maximum atomic E-state index is 12.7. The number of sulfonamides is 1. The third-order valence-corrected chi connectivity index (χ3v) is 6.60. The first-order chi connectivity index (χ1) is 12.3. The molecule has 0 atom stereocenters. The Bertz CT molecular complexity index is 905. The van der Waals surface area contributed by atoms with Crippen LogP contribution >= 0.6 is 11.3 Å². The number of hydrogen-bond acceptors (Lipinski definition) is 6. The minimum absolute atomic E-state index is 0.0175. The number of nitrogens with zero attached hydrogens (tertiary/aromatic N) is 1. The van der Waals surface area contributed by atoms with Gasteiger partial charge in [0.2, 0.25) is 15.9 Å². The lowest BCUT2D eigenvalue weighted by atomic mass is 10.1. The lowest BCUT2D eigenvalue weighted by molar-refractivity contribution is -0.116. The van der Waals surface area contributed by atoms with E-state index in [2.05, 4.69) is 10.1 Å². The zero-order chi connectivity index (χ0) is 19.3. The van der Waals surface area contributed by atoms with E-state index in [1.54, 1.807) is 12.1 Å². The predicted octanol–water partition coefficient (Wildman–Crippen LogP) is 2.36. The summed E-state index contributed by atoms with van der Waals surface area (Å²) >= 11 is 0.972. The van der Waals surface area contributed by atoms with Crippen LogP contribution in [-0.4, -0.2) is 45.3 Å². The average molecular weight is 396 g/mol. The van der Waals surface area contributed by atoms with Gasteiger partial charge in [-0.15, -0.1) is 11.3 Å². The van der Waals surface area contributed by atoms with Crippen molar-refractivity contribution in [3.63, 3.8) is 0 Å². The van der Waals surface area contributed by atoms with Crippen molar-refractivity contribution in [2.24, 2.45) is 0 Å². The molecule has 0 radical (unpaired) electrons. The molecule has 2 rings (SSSR count). The van der Waals surface area contributed by atoms with Crippen LogP contribution in [0.25, 0.3) is 0 Å². The Hall–Kier alpha value is -2.23. The van der Waals surface area contributed by atoms with Gasteiger partial charge in [0.25, 0.3) is 0 Å². The second-order valence-electron chi connectivity index (χ2n) is 5.43. The Morgan fingerprint density at radius 3 is 2.58 bits per heavy atom. The van der Waals surface area contributed by atoms with Gasteiger partial charge in [-0.2, -0.15) is 4.31 Å². The first-order valence-corrected chi connectivity index (χ1v) is 10.1. The number of amides is 1. The minimum Gasteiger partial charge on any atom is -0.465 e. The summed E-state index contributed by atoms with van der Waals surface area (Å²) in [5.74, 6) is -1.19. The summed E-state index contributed by atoms with van der Waals surface area (Å²) in [4.78, 5) is 23.8. The standard InChI is InChI=1S/C17H20N2O5S2/c1-4-12-7-5-6-8-13(12)18-15(20)11-19(2)26(22,23)14-9-10-25-16(14)17(21)24-3/h5-10H,4,11H2,1-3H3,(H,18,20). The van der Waals surface area contributed by atoms with Crippen molar-refractivity contribution >= 4 is 38.9 Å². The Kier molecular flexibility index (Phi) is 6.52. The lowest BCUT2D eigenvalue weighted by Crippen LogP contribution is -2.35. The molecule has 26 heavy (non-hydrogen) atoms. The smallest absolute Gasteiger partial charge is 0.349 e. The fraction of sp³-hybridized carbons (Fsp3) is 0.294. The molecule has 0 bridgehead atoms. The molecule has 1 aromatic heterocycles. The number of carbonyl (C=O) groups is 2.